The van der Waals surface area contributed by atoms with Gasteiger partial charge in [0.2, 0.25) is 0 Å². The first-order chi connectivity index (χ1) is 10.0. The van der Waals surface area contributed by atoms with Crippen LogP contribution in [0.4, 0.5) is 0 Å². The van der Waals surface area contributed by atoms with Crippen molar-refractivity contribution in [1.82, 2.24) is 5.32 Å². The van der Waals surface area contributed by atoms with Crippen LogP contribution in [0, 0.1) is 16.7 Å². The van der Waals surface area contributed by atoms with Gasteiger partial charge in [-0.05, 0) is 61.8 Å². The van der Waals surface area contributed by atoms with Crippen LogP contribution in [0.25, 0.3) is 0 Å². The van der Waals surface area contributed by atoms with Crippen LogP contribution in [0.1, 0.15) is 78.6 Å². The van der Waals surface area contributed by atoms with E-state index in [-0.39, 0.29) is 0 Å². The monoisotopic (exact) mass is 293 g/mol. The van der Waals surface area contributed by atoms with Gasteiger partial charge in [0.15, 0.2) is 0 Å². The molecule has 0 aromatic rings. The highest BCUT2D eigenvalue weighted by molar-refractivity contribution is 5.11. The second-order valence-electron chi connectivity index (χ2n) is 8.79. The van der Waals surface area contributed by atoms with Crippen molar-refractivity contribution < 1.29 is 4.74 Å². The molecule has 3 rings (SSSR count). The van der Waals surface area contributed by atoms with E-state index in [1.807, 2.05) is 0 Å². The van der Waals surface area contributed by atoms with E-state index in [1.165, 1.54) is 57.8 Å². The van der Waals surface area contributed by atoms with Crippen molar-refractivity contribution in [3.8, 4) is 0 Å². The molecule has 1 N–H and O–H groups in total. The van der Waals surface area contributed by atoms with Crippen LogP contribution < -0.4 is 5.32 Å². The maximum atomic E-state index is 6.05. The Kier molecular flexibility index (Phi) is 4.66. The van der Waals surface area contributed by atoms with E-state index in [4.69, 9.17) is 4.74 Å². The van der Waals surface area contributed by atoms with Crippen molar-refractivity contribution in [3.63, 3.8) is 0 Å². The molecule has 3 atom stereocenters. The summed E-state index contributed by atoms with van der Waals surface area (Å²) in [4.78, 5) is 0. The zero-order valence-electron chi connectivity index (χ0n) is 14.4. The van der Waals surface area contributed by atoms with Crippen LogP contribution in [0.5, 0.6) is 0 Å². The van der Waals surface area contributed by atoms with E-state index in [0.717, 1.165) is 19.1 Å². The summed E-state index contributed by atoms with van der Waals surface area (Å²) >= 11 is 0. The summed E-state index contributed by atoms with van der Waals surface area (Å²) in [6.07, 6.45) is 12.8. The molecule has 0 aromatic heterocycles. The molecule has 0 aromatic carbocycles. The molecule has 0 amide bonds. The lowest BCUT2D eigenvalue weighted by atomic mass is 9.68. The van der Waals surface area contributed by atoms with Crippen LogP contribution in [0.2, 0.25) is 0 Å². The Morgan fingerprint density at radius 2 is 1.81 bits per heavy atom. The summed E-state index contributed by atoms with van der Waals surface area (Å²) < 4.78 is 6.05. The van der Waals surface area contributed by atoms with Crippen LogP contribution in [-0.4, -0.2) is 25.3 Å². The molecule has 122 valence electrons. The molecule has 0 saturated heterocycles. The molecule has 21 heavy (non-hydrogen) atoms. The SMILES string of the molecule is CC1(C)C(NCCCOC2CCCCC2)[C@]2(C)CC[C@H]1C2. The lowest BCUT2D eigenvalue weighted by Gasteiger charge is -2.43. The molecule has 1 unspecified atom stereocenters. The molecule has 0 aliphatic heterocycles. The van der Waals surface area contributed by atoms with Gasteiger partial charge in [0.25, 0.3) is 0 Å². The standard InChI is InChI=1S/C19H35NO/c1-18(2)15-10-11-19(3,14-15)17(18)20-12-7-13-21-16-8-5-4-6-9-16/h15-17,20H,4-14H2,1-3H3/t15-,17?,19+/m0/s1. The smallest absolute Gasteiger partial charge is 0.0575 e. The fourth-order valence-electron chi connectivity index (χ4n) is 5.61. The number of rotatable bonds is 6. The first-order valence-electron chi connectivity index (χ1n) is 9.37. The van der Waals surface area contributed by atoms with Crippen molar-refractivity contribution >= 4 is 0 Å². The zero-order valence-corrected chi connectivity index (χ0v) is 14.4. The van der Waals surface area contributed by atoms with Gasteiger partial charge in [-0.2, -0.15) is 0 Å². The van der Waals surface area contributed by atoms with Gasteiger partial charge in [0.05, 0.1) is 6.10 Å². The number of hydrogen-bond acceptors (Lipinski definition) is 2. The zero-order chi connectivity index (χ0) is 14.9. The predicted octanol–water partition coefficient (Wildman–Crippen LogP) is 4.53. The molecule has 0 heterocycles. The van der Waals surface area contributed by atoms with Crippen molar-refractivity contribution in [1.29, 1.82) is 0 Å². The maximum Gasteiger partial charge on any atom is 0.0575 e. The Morgan fingerprint density at radius 1 is 1.05 bits per heavy atom. The van der Waals surface area contributed by atoms with Crippen LogP contribution in [-0.2, 0) is 4.74 Å². The van der Waals surface area contributed by atoms with E-state index in [0.29, 0.717) is 23.0 Å². The van der Waals surface area contributed by atoms with E-state index in [1.54, 1.807) is 0 Å². The quantitative estimate of drug-likeness (QED) is 0.726. The fourth-order valence-corrected chi connectivity index (χ4v) is 5.61. The third-order valence-corrected chi connectivity index (χ3v) is 6.85. The van der Waals surface area contributed by atoms with E-state index < -0.39 is 0 Å². The number of hydrogen-bond donors (Lipinski definition) is 1. The molecule has 3 fully saturated rings. The Bertz CT molecular complexity index is 343. The largest absolute Gasteiger partial charge is 0.378 e. The molecule has 3 aliphatic rings. The number of ether oxygens (including phenoxy) is 1. The molecule has 2 nitrogen and oxygen atoms in total. The van der Waals surface area contributed by atoms with Gasteiger partial charge >= 0.3 is 0 Å². The third-order valence-electron chi connectivity index (χ3n) is 6.85. The van der Waals surface area contributed by atoms with Gasteiger partial charge in [0.1, 0.15) is 0 Å². The van der Waals surface area contributed by atoms with Crippen molar-refractivity contribution in [2.75, 3.05) is 13.2 Å². The molecule has 2 bridgehead atoms. The third kappa shape index (κ3) is 3.17. The summed E-state index contributed by atoms with van der Waals surface area (Å²) in [5, 5.41) is 3.90. The summed E-state index contributed by atoms with van der Waals surface area (Å²) in [7, 11) is 0. The van der Waals surface area contributed by atoms with Crippen LogP contribution in [0.15, 0.2) is 0 Å². The predicted molar refractivity (Wildman–Crippen MR) is 88.5 cm³/mol. The van der Waals surface area contributed by atoms with Crippen molar-refractivity contribution in [3.05, 3.63) is 0 Å². The minimum absolute atomic E-state index is 0.483. The molecular formula is C19H35NO. The van der Waals surface area contributed by atoms with E-state index >= 15 is 0 Å². The topological polar surface area (TPSA) is 21.3 Å². The summed E-state index contributed by atoms with van der Waals surface area (Å²) in [6.45, 7) is 9.56. The van der Waals surface area contributed by atoms with Gasteiger partial charge in [-0.1, -0.05) is 40.0 Å². The molecule has 2 heteroatoms. The summed E-state index contributed by atoms with van der Waals surface area (Å²) in [5.74, 6) is 0.943. The first kappa shape index (κ1) is 15.8. The average molecular weight is 293 g/mol. The molecule has 0 spiro atoms. The first-order valence-corrected chi connectivity index (χ1v) is 9.37. The molecule has 3 aliphatic carbocycles. The Labute approximate surface area is 131 Å². The highest BCUT2D eigenvalue weighted by Crippen LogP contribution is 2.62. The van der Waals surface area contributed by atoms with Gasteiger partial charge in [-0.15, -0.1) is 0 Å². The minimum Gasteiger partial charge on any atom is -0.378 e. The minimum atomic E-state index is 0.483. The second-order valence-corrected chi connectivity index (χ2v) is 8.79. The Balaban J connectivity index is 1.37. The normalized spacial score (nSPS) is 39.0. The van der Waals surface area contributed by atoms with Crippen LogP contribution in [0.3, 0.4) is 0 Å². The van der Waals surface area contributed by atoms with Crippen LogP contribution >= 0.6 is 0 Å². The van der Waals surface area contributed by atoms with Crippen molar-refractivity contribution in [2.24, 2.45) is 16.7 Å². The van der Waals surface area contributed by atoms with E-state index in [9.17, 15) is 0 Å². The van der Waals surface area contributed by atoms with Gasteiger partial charge in [0, 0.05) is 12.6 Å². The number of fused-ring (bicyclic) bond motifs is 2. The Morgan fingerprint density at radius 3 is 2.48 bits per heavy atom. The highest BCUT2D eigenvalue weighted by Gasteiger charge is 2.58. The van der Waals surface area contributed by atoms with Gasteiger partial charge in [-0.3, -0.25) is 0 Å². The second kappa shape index (κ2) is 6.20. The summed E-state index contributed by atoms with van der Waals surface area (Å²) in [6, 6.07) is 0.707. The molecule has 3 saturated carbocycles. The van der Waals surface area contributed by atoms with E-state index in [2.05, 4.69) is 26.1 Å². The maximum absolute atomic E-state index is 6.05. The van der Waals surface area contributed by atoms with Gasteiger partial charge in [-0.25, -0.2) is 0 Å². The highest BCUT2D eigenvalue weighted by atomic mass is 16.5. The molecular weight excluding hydrogens is 258 g/mol. The average Bonchev–Trinajstić information content (AvgIpc) is 2.94. The number of nitrogens with one attached hydrogen (secondary N) is 1. The fraction of sp³-hybridized carbons (Fsp3) is 1.00. The summed E-state index contributed by atoms with van der Waals surface area (Å²) in [5.41, 5.74) is 1.04. The Hall–Kier alpha value is -0.0800. The molecule has 0 radical (unpaired) electrons. The lowest BCUT2D eigenvalue weighted by molar-refractivity contribution is 0.0252. The van der Waals surface area contributed by atoms with Crippen molar-refractivity contribution in [2.45, 2.75) is 90.7 Å². The van der Waals surface area contributed by atoms with Gasteiger partial charge < -0.3 is 10.1 Å². The lowest BCUT2D eigenvalue weighted by Crippen LogP contribution is -2.50.